The average Bonchev–Trinajstić information content (AvgIpc) is 2.83. The van der Waals surface area contributed by atoms with Gasteiger partial charge in [-0.3, -0.25) is 0 Å². The zero-order valence-corrected chi connectivity index (χ0v) is 11.7. The molecule has 1 aromatic carbocycles. The Labute approximate surface area is 115 Å². The summed E-state index contributed by atoms with van der Waals surface area (Å²) in [4.78, 5) is 8.04. The van der Waals surface area contributed by atoms with E-state index in [4.69, 9.17) is 0 Å². The van der Waals surface area contributed by atoms with Crippen LogP contribution in [0.3, 0.4) is 0 Å². The summed E-state index contributed by atoms with van der Waals surface area (Å²) < 4.78 is 1.11. The van der Waals surface area contributed by atoms with E-state index < -0.39 is 0 Å². The molecule has 3 atom stereocenters. The zero-order valence-electron chi connectivity index (χ0n) is 10.1. The number of hydrogen-bond donors (Lipinski definition) is 1. The van der Waals surface area contributed by atoms with Crippen molar-refractivity contribution < 1.29 is 0 Å². The first-order chi connectivity index (χ1) is 8.79. The van der Waals surface area contributed by atoms with E-state index in [-0.39, 0.29) is 0 Å². The lowest BCUT2D eigenvalue weighted by Crippen LogP contribution is -1.95. The maximum Gasteiger partial charge on any atom is 0.137 e. The molecule has 0 bridgehead atoms. The summed E-state index contributed by atoms with van der Waals surface area (Å²) in [6, 6.07) is 8.31. The molecular weight excluding hydrogens is 288 g/mol. The van der Waals surface area contributed by atoms with Crippen LogP contribution in [0.4, 0.5) is 0 Å². The minimum Gasteiger partial charge on any atom is -0.342 e. The van der Waals surface area contributed by atoms with Crippen molar-refractivity contribution in [3.63, 3.8) is 0 Å². The highest BCUT2D eigenvalue weighted by molar-refractivity contribution is 9.10. The molecule has 2 saturated carbocycles. The van der Waals surface area contributed by atoms with Crippen molar-refractivity contribution in [2.75, 3.05) is 0 Å². The van der Waals surface area contributed by atoms with E-state index in [0.717, 1.165) is 33.6 Å². The van der Waals surface area contributed by atoms with Crippen molar-refractivity contribution in [1.29, 1.82) is 0 Å². The van der Waals surface area contributed by atoms with Gasteiger partial charge in [-0.2, -0.15) is 0 Å². The Bertz CT molecular complexity index is 562. The van der Waals surface area contributed by atoms with Gasteiger partial charge in [0.2, 0.25) is 0 Å². The predicted molar refractivity (Wildman–Crippen MR) is 75.3 cm³/mol. The zero-order chi connectivity index (χ0) is 12.1. The number of halogens is 1. The summed E-state index contributed by atoms with van der Waals surface area (Å²) in [6.07, 6.45) is 6.25. The minimum atomic E-state index is 0.727. The predicted octanol–water partition coefficient (Wildman–Crippen LogP) is 4.35. The van der Waals surface area contributed by atoms with Gasteiger partial charge < -0.3 is 4.98 Å². The van der Waals surface area contributed by atoms with Crippen LogP contribution in [0.5, 0.6) is 0 Å². The van der Waals surface area contributed by atoms with E-state index in [1.54, 1.807) is 0 Å². The molecule has 0 amide bonds. The highest BCUT2D eigenvalue weighted by atomic mass is 79.9. The van der Waals surface area contributed by atoms with E-state index in [1.165, 1.54) is 25.0 Å². The van der Waals surface area contributed by atoms with Gasteiger partial charge in [0.15, 0.2) is 0 Å². The van der Waals surface area contributed by atoms with Crippen LogP contribution in [0, 0.1) is 11.8 Å². The largest absolute Gasteiger partial charge is 0.342 e. The highest BCUT2D eigenvalue weighted by Crippen LogP contribution is 2.57. The third kappa shape index (κ3) is 1.81. The van der Waals surface area contributed by atoms with Crippen molar-refractivity contribution in [2.24, 2.45) is 11.8 Å². The fourth-order valence-electron chi connectivity index (χ4n) is 3.27. The van der Waals surface area contributed by atoms with Gasteiger partial charge in [-0.1, -0.05) is 28.1 Å². The van der Waals surface area contributed by atoms with Gasteiger partial charge in [0.05, 0.1) is 0 Å². The lowest BCUT2D eigenvalue weighted by Gasteiger charge is -2.08. The number of hydrogen-bond acceptors (Lipinski definition) is 1. The number of benzene rings is 1. The molecule has 0 spiro atoms. The van der Waals surface area contributed by atoms with E-state index in [2.05, 4.69) is 50.2 Å². The first kappa shape index (κ1) is 10.8. The summed E-state index contributed by atoms with van der Waals surface area (Å²) in [6.45, 7) is 0. The molecule has 0 aliphatic heterocycles. The van der Waals surface area contributed by atoms with Crippen LogP contribution < -0.4 is 0 Å². The molecule has 3 heteroatoms. The number of aromatic nitrogens is 2. The molecule has 1 aromatic heterocycles. The average molecular weight is 303 g/mol. The highest BCUT2D eigenvalue weighted by Gasteiger charge is 2.46. The Hall–Kier alpha value is -1.09. The fraction of sp³-hybridized carbons (Fsp3) is 0.400. The van der Waals surface area contributed by atoms with Gasteiger partial charge in [-0.25, -0.2) is 4.98 Å². The van der Waals surface area contributed by atoms with E-state index in [0.29, 0.717) is 0 Å². The SMILES string of the molecule is Brc1ccc(-c2ncc(C3C[C@@H]4C[C@@H]4C3)[nH]2)cc1. The third-order valence-electron chi connectivity index (χ3n) is 4.40. The van der Waals surface area contributed by atoms with Crippen LogP contribution in [0.2, 0.25) is 0 Å². The van der Waals surface area contributed by atoms with Crippen molar-refractivity contribution >= 4 is 15.9 Å². The standard InChI is InChI=1S/C15H15BrN2/c16-13-3-1-9(2-4-13)15-17-8-14(18-15)12-6-10-5-11(10)7-12/h1-4,8,10-12H,5-7H2,(H,17,18)/t10-,11+,12?. The second-order valence-corrected chi connectivity index (χ2v) is 6.53. The molecule has 2 aliphatic carbocycles. The minimum absolute atomic E-state index is 0.727. The van der Waals surface area contributed by atoms with Gasteiger partial charge >= 0.3 is 0 Å². The van der Waals surface area contributed by atoms with Crippen molar-refractivity contribution in [3.8, 4) is 11.4 Å². The van der Waals surface area contributed by atoms with Gasteiger partial charge in [0.1, 0.15) is 5.82 Å². The number of H-pyrrole nitrogens is 1. The second-order valence-electron chi connectivity index (χ2n) is 5.62. The molecule has 18 heavy (non-hydrogen) atoms. The quantitative estimate of drug-likeness (QED) is 0.877. The van der Waals surface area contributed by atoms with Crippen LogP contribution >= 0.6 is 15.9 Å². The molecule has 4 rings (SSSR count). The Balaban J connectivity index is 1.59. The summed E-state index contributed by atoms with van der Waals surface area (Å²) in [5, 5.41) is 0. The smallest absolute Gasteiger partial charge is 0.137 e. The Morgan fingerprint density at radius 2 is 1.78 bits per heavy atom. The van der Waals surface area contributed by atoms with Gasteiger partial charge in [-0.15, -0.1) is 0 Å². The number of fused-ring (bicyclic) bond motifs is 1. The molecule has 92 valence electrons. The van der Waals surface area contributed by atoms with Crippen LogP contribution in [0.1, 0.15) is 30.9 Å². The molecule has 1 unspecified atom stereocenters. The Morgan fingerprint density at radius 3 is 2.50 bits per heavy atom. The van der Waals surface area contributed by atoms with E-state index in [1.807, 2.05) is 6.20 Å². The van der Waals surface area contributed by atoms with Crippen molar-refractivity contribution in [1.82, 2.24) is 9.97 Å². The van der Waals surface area contributed by atoms with Crippen LogP contribution in [-0.2, 0) is 0 Å². The van der Waals surface area contributed by atoms with Crippen LogP contribution in [0.15, 0.2) is 34.9 Å². The number of rotatable bonds is 2. The van der Waals surface area contributed by atoms with Crippen molar-refractivity contribution in [2.45, 2.75) is 25.2 Å². The Morgan fingerprint density at radius 1 is 1.06 bits per heavy atom. The van der Waals surface area contributed by atoms with E-state index in [9.17, 15) is 0 Å². The molecule has 0 saturated heterocycles. The van der Waals surface area contributed by atoms with Gasteiger partial charge in [0.25, 0.3) is 0 Å². The van der Waals surface area contributed by atoms with Crippen molar-refractivity contribution in [3.05, 3.63) is 40.6 Å². The molecule has 2 fully saturated rings. The molecule has 1 N–H and O–H groups in total. The summed E-state index contributed by atoms with van der Waals surface area (Å²) in [5.41, 5.74) is 2.49. The number of aromatic amines is 1. The molecule has 1 heterocycles. The molecule has 0 radical (unpaired) electrons. The number of imidazole rings is 1. The lowest BCUT2D eigenvalue weighted by atomic mass is 10.0. The molecule has 2 aromatic rings. The van der Waals surface area contributed by atoms with Gasteiger partial charge in [-0.05, 0) is 43.2 Å². The van der Waals surface area contributed by atoms with Crippen LogP contribution in [-0.4, -0.2) is 9.97 Å². The maximum atomic E-state index is 4.53. The van der Waals surface area contributed by atoms with Gasteiger partial charge in [0, 0.05) is 27.8 Å². The number of nitrogens with zero attached hydrogens (tertiary/aromatic N) is 1. The fourth-order valence-corrected chi connectivity index (χ4v) is 3.53. The summed E-state index contributed by atoms with van der Waals surface area (Å²) in [5.74, 6) is 3.77. The molecule has 2 nitrogen and oxygen atoms in total. The second kappa shape index (κ2) is 3.95. The Kier molecular flexibility index (Phi) is 2.37. The lowest BCUT2D eigenvalue weighted by molar-refractivity contribution is 0.611. The van der Waals surface area contributed by atoms with E-state index >= 15 is 0 Å². The third-order valence-corrected chi connectivity index (χ3v) is 4.93. The monoisotopic (exact) mass is 302 g/mol. The first-order valence-electron chi connectivity index (χ1n) is 6.60. The molecule has 2 aliphatic rings. The first-order valence-corrected chi connectivity index (χ1v) is 7.40. The molecular formula is C15H15BrN2. The summed E-state index contributed by atoms with van der Waals surface area (Å²) in [7, 11) is 0. The summed E-state index contributed by atoms with van der Waals surface area (Å²) >= 11 is 3.46. The normalized spacial score (nSPS) is 29.3. The topological polar surface area (TPSA) is 28.7 Å². The maximum absolute atomic E-state index is 4.53. The number of nitrogens with one attached hydrogen (secondary N) is 1. The van der Waals surface area contributed by atoms with Crippen LogP contribution in [0.25, 0.3) is 11.4 Å².